The van der Waals surface area contributed by atoms with E-state index in [1.807, 2.05) is 25.3 Å². The van der Waals surface area contributed by atoms with Crippen LogP contribution < -0.4 is 15.5 Å². The van der Waals surface area contributed by atoms with Crippen molar-refractivity contribution < 1.29 is 19.1 Å². The zero-order valence-corrected chi connectivity index (χ0v) is 15.7. The Morgan fingerprint density at radius 3 is 2.70 bits per heavy atom. The monoisotopic (exact) mass is 376 g/mol. The van der Waals surface area contributed by atoms with Crippen molar-refractivity contribution in [1.29, 1.82) is 0 Å². The predicted octanol–water partition coefficient (Wildman–Crippen LogP) is 1.52. The molecule has 2 saturated heterocycles. The highest BCUT2D eigenvalue weighted by atomic mass is 16.7. The first kappa shape index (κ1) is 19.6. The van der Waals surface area contributed by atoms with Gasteiger partial charge in [0.25, 0.3) is 0 Å². The lowest BCUT2D eigenvalue weighted by Gasteiger charge is -2.34. The Morgan fingerprint density at radius 2 is 2.07 bits per heavy atom. The molecule has 1 unspecified atom stereocenters. The normalized spacial score (nSPS) is 19.7. The van der Waals surface area contributed by atoms with E-state index in [0.29, 0.717) is 38.4 Å². The van der Waals surface area contributed by atoms with Crippen molar-refractivity contribution in [1.82, 2.24) is 10.3 Å². The fraction of sp³-hybridized carbons (Fsp3) is 0.632. The van der Waals surface area contributed by atoms with Gasteiger partial charge < -0.3 is 19.7 Å². The molecule has 8 heteroatoms. The Hall–Kier alpha value is -2.19. The van der Waals surface area contributed by atoms with Gasteiger partial charge in [-0.3, -0.25) is 14.9 Å². The highest BCUT2D eigenvalue weighted by molar-refractivity contribution is 5.85. The number of hydrogen-bond acceptors (Lipinski definition) is 7. The van der Waals surface area contributed by atoms with Crippen molar-refractivity contribution in [3.63, 3.8) is 0 Å². The topological polar surface area (TPSA) is 92.8 Å². The Balaban J connectivity index is 1.43. The van der Waals surface area contributed by atoms with Crippen LogP contribution in [0.1, 0.15) is 32.6 Å². The van der Waals surface area contributed by atoms with Crippen LogP contribution >= 0.6 is 0 Å². The summed E-state index contributed by atoms with van der Waals surface area (Å²) >= 11 is 0. The van der Waals surface area contributed by atoms with Gasteiger partial charge >= 0.3 is 0 Å². The van der Waals surface area contributed by atoms with E-state index in [1.165, 1.54) is 0 Å². The van der Waals surface area contributed by atoms with Gasteiger partial charge in [0.05, 0.1) is 25.1 Å². The quantitative estimate of drug-likeness (QED) is 0.665. The lowest BCUT2D eigenvalue weighted by Crippen LogP contribution is -2.38. The molecule has 0 spiro atoms. The third kappa shape index (κ3) is 5.64. The molecule has 2 fully saturated rings. The molecule has 0 aliphatic carbocycles. The Bertz CT molecular complexity index is 611. The van der Waals surface area contributed by atoms with E-state index >= 15 is 0 Å². The van der Waals surface area contributed by atoms with E-state index in [9.17, 15) is 9.59 Å². The SMILES string of the molecule is CC(CCC(=O)NC=O)Nc1ccc(N2CCC(C3OCCO3)CC2)nc1. The number of amides is 2. The molecule has 148 valence electrons. The van der Waals surface area contributed by atoms with Crippen LogP contribution in [0.15, 0.2) is 18.3 Å². The number of pyridine rings is 1. The van der Waals surface area contributed by atoms with E-state index in [1.54, 1.807) is 0 Å². The first-order valence-corrected chi connectivity index (χ1v) is 9.59. The van der Waals surface area contributed by atoms with Gasteiger partial charge in [0.1, 0.15) is 5.82 Å². The van der Waals surface area contributed by atoms with Crippen LogP contribution in [0.25, 0.3) is 0 Å². The van der Waals surface area contributed by atoms with E-state index in [4.69, 9.17) is 9.47 Å². The Labute approximate surface area is 159 Å². The second-order valence-electron chi connectivity index (χ2n) is 7.11. The largest absolute Gasteiger partial charge is 0.381 e. The fourth-order valence-corrected chi connectivity index (χ4v) is 3.55. The second kappa shape index (κ2) is 9.66. The summed E-state index contributed by atoms with van der Waals surface area (Å²) in [5.41, 5.74) is 0.921. The minimum absolute atomic E-state index is 0.0261. The number of aromatic nitrogens is 1. The van der Waals surface area contributed by atoms with Crippen molar-refractivity contribution in [2.75, 3.05) is 36.5 Å². The van der Waals surface area contributed by atoms with E-state index < -0.39 is 0 Å². The summed E-state index contributed by atoms with van der Waals surface area (Å²) in [7, 11) is 0. The summed E-state index contributed by atoms with van der Waals surface area (Å²) in [5.74, 6) is 1.19. The molecular formula is C19H28N4O4. The number of imide groups is 1. The van der Waals surface area contributed by atoms with Gasteiger partial charge in [-0.25, -0.2) is 4.98 Å². The van der Waals surface area contributed by atoms with Crippen molar-refractivity contribution in [2.45, 2.75) is 44.9 Å². The number of carbonyl (C=O) groups is 2. The summed E-state index contributed by atoms with van der Waals surface area (Å²) in [5, 5.41) is 5.48. The van der Waals surface area contributed by atoms with Crippen molar-refractivity contribution in [3.8, 4) is 0 Å². The molecule has 1 aromatic rings. The van der Waals surface area contributed by atoms with Gasteiger partial charge in [0, 0.05) is 31.5 Å². The average molecular weight is 376 g/mol. The third-order valence-corrected chi connectivity index (χ3v) is 5.08. The summed E-state index contributed by atoms with van der Waals surface area (Å²) in [6, 6.07) is 4.15. The third-order valence-electron chi connectivity index (χ3n) is 5.08. The number of nitrogens with one attached hydrogen (secondary N) is 2. The van der Waals surface area contributed by atoms with Gasteiger partial charge in [-0.1, -0.05) is 0 Å². The predicted molar refractivity (Wildman–Crippen MR) is 101 cm³/mol. The van der Waals surface area contributed by atoms with Crippen LogP contribution in [0.5, 0.6) is 0 Å². The molecule has 0 bridgehead atoms. The molecule has 3 rings (SSSR count). The first-order valence-electron chi connectivity index (χ1n) is 9.59. The lowest BCUT2D eigenvalue weighted by molar-refractivity contribution is -0.125. The molecule has 8 nitrogen and oxygen atoms in total. The fourth-order valence-electron chi connectivity index (χ4n) is 3.55. The first-order chi connectivity index (χ1) is 13.2. The van der Waals surface area contributed by atoms with Gasteiger partial charge in [-0.15, -0.1) is 0 Å². The summed E-state index contributed by atoms with van der Waals surface area (Å²) in [6.45, 7) is 5.33. The van der Waals surface area contributed by atoms with Gasteiger partial charge in [0.15, 0.2) is 6.29 Å². The maximum Gasteiger partial charge on any atom is 0.226 e. The molecule has 2 aliphatic rings. The van der Waals surface area contributed by atoms with E-state index in [0.717, 1.165) is 37.4 Å². The van der Waals surface area contributed by atoms with Gasteiger partial charge in [-0.05, 0) is 38.3 Å². The molecule has 1 atom stereocenters. The molecular weight excluding hydrogens is 348 g/mol. The minimum atomic E-state index is -0.260. The van der Waals surface area contributed by atoms with Crippen molar-refractivity contribution >= 4 is 23.8 Å². The second-order valence-corrected chi connectivity index (χ2v) is 7.11. The lowest BCUT2D eigenvalue weighted by atomic mass is 9.96. The molecule has 27 heavy (non-hydrogen) atoms. The molecule has 0 aromatic carbocycles. The molecule has 0 saturated carbocycles. The van der Waals surface area contributed by atoms with Crippen LogP contribution in [0.3, 0.4) is 0 Å². The molecule has 1 aromatic heterocycles. The van der Waals surface area contributed by atoms with Crippen molar-refractivity contribution in [3.05, 3.63) is 18.3 Å². The van der Waals surface area contributed by atoms with E-state index in [-0.39, 0.29) is 18.2 Å². The maximum atomic E-state index is 11.3. The maximum absolute atomic E-state index is 11.3. The summed E-state index contributed by atoms with van der Waals surface area (Å²) in [6.07, 6.45) is 5.26. The van der Waals surface area contributed by atoms with Gasteiger partial charge in [0.2, 0.25) is 12.3 Å². The average Bonchev–Trinajstić information content (AvgIpc) is 3.22. The zero-order valence-electron chi connectivity index (χ0n) is 15.7. The number of carbonyl (C=O) groups excluding carboxylic acids is 2. The number of hydrogen-bond donors (Lipinski definition) is 2. The summed E-state index contributed by atoms with van der Waals surface area (Å²) < 4.78 is 11.3. The van der Waals surface area contributed by atoms with E-state index in [2.05, 4.69) is 20.5 Å². The number of nitrogens with zero attached hydrogens (tertiary/aromatic N) is 2. The zero-order chi connectivity index (χ0) is 19.1. The molecule has 2 amide bonds. The van der Waals surface area contributed by atoms with Crippen LogP contribution in [0.2, 0.25) is 0 Å². The molecule has 0 radical (unpaired) electrons. The number of rotatable bonds is 8. The molecule has 2 aliphatic heterocycles. The van der Waals surface area contributed by atoms with Crippen LogP contribution in [-0.4, -0.2) is 55.9 Å². The van der Waals surface area contributed by atoms with Crippen molar-refractivity contribution in [2.24, 2.45) is 5.92 Å². The van der Waals surface area contributed by atoms with Crippen LogP contribution in [-0.2, 0) is 19.1 Å². The Morgan fingerprint density at radius 1 is 1.33 bits per heavy atom. The smallest absolute Gasteiger partial charge is 0.226 e. The summed E-state index contributed by atoms with van der Waals surface area (Å²) in [4.78, 5) is 28.4. The molecule has 2 N–H and O–H groups in total. The number of anilines is 2. The molecule has 3 heterocycles. The van der Waals surface area contributed by atoms with Crippen LogP contribution in [0, 0.1) is 5.92 Å². The number of ether oxygens (including phenoxy) is 2. The minimum Gasteiger partial charge on any atom is -0.381 e. The standard InChI is InChI=1S/C19H28N4O4/c1-14(2-5-18(25)21-13-24)22-16-3-4-17(20-12-16)23-8-6-15(7-9-23)19-26-10-11-27-19/h3-4,12-15,19,22H,2,5-11H2,1H3,(H,21,24,25). The highest BCUT2D eigenvalue weighted by Gasteiger charge is 2.30. The van der Waals surface area contributed by atoms with Crippen LogP contribution in [0.4, 0.5) is 11.5 Å². The highest BCUT2D eigenvalue weighted by Crippen LogP contribution is 2.28. The Kier molecular flexibility index (Phi) is 7.00. The van der Waals surface area contributed by atoms with Gasteiger partial charge in [-0.2, -0.15) is 0 Å². The number of piperidine rings is 1.